The van der Waals surface area contributed by atoms with E-state index in [9.17, 15) is 14.0 Å². The maximum atomic E-state index is 13.6. The SMILES string of the molecule is COc1ccc(N2N=C(Sc3ccc(Cl)cc3)CC(CC[C@@H](C)NC(=O)[C@@H]3CNC[C@H]3c3ccc(F)cc3)C2=O)cc1. The van der Waals surface area contributed by atoms with E-state index >= 15 is 0 Å². The fourth-order valence-corrected chi connectivity index (χ4v) is 6.47. The van der Waals surface area contributed by atoms with E-state index in [1.165, 1.54) is 28.9 Å². The van der Waals surface area contributed by atoms with Gasteiger partial charge in [-0.25, -0.2) is 4.39 Å². The predicted octanol–water partition coefficient (Wildman–Crippen LogP) is 6.23. The number of carbonyl (C=O) groups excluding carboxylic acids is 2. The number of hydrazone groups is 1. The van der Waals surface area contributed by atoms with Crippen LogP contribution in [-0.4, -0.2) is 43.1 Å². The van der Waals surface area contributed by atoms with Crippen molar-refractivity contribution in [3.8, 4) is 5.75 Å². The molecule has 220 valence electrons. The van der Waals surface area contributed by atoms with Gasteiger partial charge in [-0.05, 0) is 86.0 Å². The molecule has 2 aliphatic heterocycles. The van der Waals surface area contributed by atoms with Crippen molar-refractivity contribution in [3.05, 3.63) is 89.2 Å². The van der Waals surface area contributed by atoms with Crippen molar-refractivity contribution in [2.45, 2.75) is 43.0 Å². The van der Waals surface area contributed by atoms with E-state index < -0.39 is 0 Å². The largest absolute Gasteiger partial charge is 0.497 e. The highest BCUT2D eigenvalue weighted by Crippen LogP contribution is 2.34. The molecule has 3 aromatic carbocycles. The van der Waals surface area contributed by atoms with Gasteiger partial charge in [-0.1, -0.05) is 35.5 Å². The van der Waals surface area contributed by atoms with Crippen molar-refractivity contribution in [2.75, 3.05) is 25.2 Å². The summed E-state index contributed by atoms with van der Waals surface area (Å²) in [7, 11) is 1.60. The molecule has 0 aliphatic carbocycles. The maximum Gasteiger partial charge on any atom is 0.250 e. The van der Waals surface area contributed by atoms with Gasteiger partial charge in [0.2, 0.25) is 5.91 Å². The number of halogens is 2. The van der Waals surface area contributed by atoms with Gasteiger partial charge in [0.1, 0.15) is 11.6 Å². The van der Waals surface area contributed by atoms with Crippen LogP contribution in [0.25, 0.3) is 0 Å². The third kappa shape index (κ3) is 7.32. The van der Waals surface area contributed by atoms with Crippen molar-refractivity contribution in [2.24, 2.45) is 16.9 Å². The highest BCUT2D eigenvalue weighted by molar-refractivity contribution is 8.14. The van der Waals surface area contributed by atoms with Gasteiger partial charge in [0.15, 0.2) is 0 Å². The summed E-state index contributed by atoms with van der Waals surface area (Å²) < 4.78 is 18.7. The molecule has 7 nitrogen and oxygen atoms in total. The van der Waals surface area contributed by atoms with Crippen LogP contribution in [0.3, 0.4) is 0 Å². The summed E-state index contributed by atoms with van der Waals surface area (Å²) >= 11 is 7.59. The lowest BCUT2D eigenvalue weighted by Crippen LogP contribution is -2.41. The minimum absolute atomic E-state index is 0.0144. The van der Waals surface area contributed by atoms with Gasteiger partial charge in [0.25, 0.3) is 5.91 Å². The number of hydrogen-bond acceptors (Lipinski definition) is 6. The van der Waals surface area contributed by atoms with E-state index in [0.29, 0.717) is 48.8 Å². The van der Waals surface area contributed by atoms with Crippen LogP contribution >= 0.6 is 23.4 Å². The number of ether oxygens (including phenoxy) is 1. The number of benzene rings is 3. The van der Waals surface area contributed by atoms with Crippen LogP contribution in [0.5, 0.6) is 5.75 Å². The predicted molar refractivity (Wildman–Crippen MR) is 166 cm³/mol. The zero-order valence-corrected chi connectivity index (χ0v) is 25.1. The van der Waals surface area contributed by atoms with E-state index in [-0.39, 0.29) is 41.4 Å². The molecule has 0 spiro atoms. The van der Waals surface area contributed by atoms with E-state index in [4.69, 9.17) is 21.4 Å². The molecule has 4 atom stereocenters. The second-order valence-corrected chi connectivity index (χ2v) is 12.3. The van der Waals surface area contributed by atoms with Gasteiger partial charge >= 0.3 is 0 Å². The second kappa shape index (κ2) is 13.7. The highest BCUT2D eigenvalue weighted by Gasteiger charge is 2.35. The van der Waals surface area contributed by atoms with E-state index in [1.807, 2.05) is 55.5 Å². The third-order valence-electron chi connectivity index (χ3n) is 7.74. The monoisotopic (exact) mass is 608 g/mol. The first-order chi connectivity index (χ1) is 20.3. The van der Waals surface area contributed by atoms with Crippen LogP contribution in [0.2, 0.25) is 5.02 Å². The van der Waals surface area contributed by atoms with Crippen LogP contribution in [-0.2, 0) is 9.59 Å². The van der Waals surface area contributed by atoms with Crippen molar-refractivity contribution in [1.82, 2.24) is 10.6 Å². The molecular formula is C32H34ClFN4O3S. The molecule has 1 fully saturated rings. The molecule has 42 heavy (non-hydrogen) atoms. The van der Waals surface area contributed by atoms with E-state index in [1.54, 1.807) is 19.2 Å². The highest BCUT2D eigenvalue weighted by atomic mass is 35.5. The van der Waals surface area contributed by atoms with Crippen LogP contribution in [0.4, 0.5) is 10.1 Å². The van der Waals surface area contributed by atoms with Crippen molar-refractivity contribution in [3.63, 3.8) is 0 Å². The molecule has 10 heteroatoms. The first kappa shape index (κ1) is 30.1. The van der Waals surface area contributed by atoms with Crippen molar-refractivity contribution >= 4 is 45.9 Å². The zero-order valence-electron chi connectivity index (χ0n) is 23.6. The minimum atomic E-state index is -0.293. The Morgan fingerprint density at radius 3 is 2.52 bits per heavy atom. The van der Waals surface area contributed by atoms with Crippen LogP contribution in [0.15, 0.2) is 82.8 Å². The molecule has 2 N–H and O–H groups in total. The van der Waals surface area contributed by atoms with Crippen LogP contribution in [0, 0.1) is 17.7 Å². The number of anilines is 1. The zero-order chi connectivity index (χ0) is 29.6. The standard InChI is InChI=1S/C32H34ClFN4O3S/c1-20(36-31(39)29-19-35-18-28(29)21-5-9-24(34)10-6-21)3-4-22-17-30(42-27-15-7-23(33)8-16-27)37-38(32(22)40)25-11-13-26(41-2)14-12-25/h5-16,20,22,28-29,35H,3-4,17-19H2,1-2H3,(H,36,39)/t20-,22?,28+,29-/m1/s1. The molecule has 0 saturated carbocycles. The molecule has 0 radical (unpaired) electrons. The Labute approximate surface area is 254 Å². The molecule has 3 aromatic rings. The molecule has 2 aliphatic rings. The summed E-state index contributed by atoms with van der Waals surface area (Å²) in [4.78, 5) is 27.9. The third-order valence-corrected chi connectivity index (χ3v) is 8.99. The summed E-state index contributed by atoms with van der Waals surface area (Å²) in [6, 6.07) is 21.1. The van der Waals surface area contributed by atoms with Crippen molar-refractivity contribution < 1.29 is 18.7 Å². The summed E-state index contributed by atoms with van der Waals surface area (Å²) in [6.45, 7) is 3.21. The molecular weight excluding hydrogens is 575 g/mol. The summed E-state index contributed by atoms with van der Waals surface area (Å²) in [5.41, 5.74) is 1.62. The average Bonchev–Trinajstić information content (AvgIpc) is 3.49. The van der Waals surface area contributed by atoms with Gasteiger partial charge in [0, 0.05) is 47.3 Å². The first-order valence-electron chi connectivity index (χ1n) is 14.1. The molecule has 1 saturated heterocycles. The number of nitrogens with one attached hydrogen (secondary N) is 2. The Morgan fingerprint density at radius 2 is 1.83 bits per heavy atom. The quantitative estimate of drug-likeness (QED) is 0.301. The Balaban J connectivity index is 1.25. The van der Waals surface area contributed by atoms with Gasteiger partial charge in [-0.15, -0.1) is 0 Å². The molecule has 1 unspecified atom stereocenters. The number of rotatable bonds is 9. The van der Waals surface area contributed by atoms with Crippen molar-refractivity contribution in [1.29, 1.82) is 0 Å². The number of amides is 2. The number of thioether (sulfide) groups is 1. The number of nitrogens with zero attached hydrogens (tertiary/aromatic N) is 2. The number of hydrogen-bond donors (Lipinski definition) is 2. The molecule has 0 bridgehead atoms. The fraction of sp³-hybridized carbons (Fsp3) is 0.344. The van der Waals surface area contributed by atoms with Gasteiger partial charge in [-0.2, -0.15) is 10.1 Å². The summed E-state index contributed by atoms with van der Waals surface area (Å²) in [6.07, 6.45) is 1.74. The van der Waals surface area contributed by atoms with Crippen LogP contribution in [0.1, 0.15) is 37.7 Å². The van der Waals surface area contributed by atoms with Crippen LogP contribution < -0.4 is 20.4 Å². The lowest BCUT2D eigenvalue weighted by Gasteiger charge is -2.30. The maximum absolute atomic E-state index is 13.6. The fourth-order valence-electron chi connectivity index (χ4n) is 5.40. The van der Waals surface area contributed by atoms with Gasteiger partial charge in [-0.3, -0.25) is 9.59 Å². The minimum Gasteiger partial charge on any atom is -0.497 e. The Morgan fingerprint density at radius 1 is 1.12 bits per heavy atom. The summed E-state index contributed by atoms with van der Waals surface area (Å²) in [5, 5.41) is 14.1. The first-order valence-corrected chi connectivity index (χ1v) is 15.3. The topological polar surface area (TPSA) is 83.0 Å². The molecule has 0 aromatic heterocycles. The Hall–Kier alpha value is -3.40. The number of carbonyl (C=O) groups is 2. The molecule has 2 amide bonds. The summed E-state index contributed by atoms with van der Waals surface area (Å²) in [5.74, 6) is -0.245. The smallest absolute Gasteiger partial charge is 0.250 e. The molecule has 5 rings (SSSR count). The van der Waals surface area contributed by atoms with Gasteiger partial charge in [0.05, 0.1) is 23.8 Å². The average molecular weight is 609 g/mol. The van der Waals surface area contributed by atoms with Gasteiger partial charge < -0.3 is 15.4 Å². The number of methoxy groups -OCH3 is 1. The second-order valence-electron chi connectivity index (χ2n) is 10.7. The lowest BCUT2D eigenvalue weighted by molar-refractivity contribution is -0.125. The van der Waals surface area contributed by atoms with E-state index in [2.05, 4.69) is 10.6 Å². The lowest BCUT2D eigenvalue weighted by atomic mass is 9.88. The Kier molecular flexibility index (Phi) is 9.82. The normalized spacial score (nSPS) is 21.1. The molecule has 2 heterocycles. The van der Waals surface area contributed by atoms with E-state index in [0.717, 1.165) is 15.5 Å². The Bertz CT molecular complexity index is 1420.